The Kier molecular flexibility index (Phi) is 5.16. The van der Waals surface area contributed by atoms with Gasteiger partial charge < -0.3 is 10.4 Å². The van der Waals surface area contributed by atoms with Gasteiger partial charge in [0.05, 0.1) is 29.6 Å². The Morgan fingerprint density at radius 3 is 2.61 bits per heavy atom. The maximum Gasteiger partial charge on any atom is 0.305 e. The highest BCUT2D eigenvalue weighted by Gasteiger charge is 2.21. The molecule has 0 unspecified atom stereocenters. The third kappa shape index (κ3) is 3.77. The number of rotatable bonds is 6. The number of carbonyl (C=O) groups excluding carboxylic acids is 1. The highest BCUT2D eigenvalue weighted by atomic mass is 16.4. The van der Waals surface area contributed by atoms with E-state index in [9.17, 15) is 9.59 Å². The summed E-state index contributed by atoms with van der Waals surface area (Å²) in [6.45, 7) is 6.09. The summed E-state index contributed by atoms with van der Waals surface area (Å²) < 4.78 is 1.78. The van der Waals surface area contributed by atoms with Crippen LogP contribution in [0.4, 0.5) is 0 Å². The van der Waals surface area contributed by atoms with Crippen LogP contribution in [-0.4, -0.2) is 33.3 Å². The van der Waals surface area contributed by atoms with Crippen molar-refractivity contribution in [2.75, 3.05) is 6.54 Å². The number of carbonyl (C=O) groups is 2. The number of aliphatic carboxylic acids is 1. The molecule has 0 bridgehead atoms. The van der Waals surface area contributed by atoms with Gasteiger partial charge in [0.2, 0.25) is 0 Å². The predicted molar refractivity (Wildman–Crippen MR) is 87.0 cm³/mol. The molecule has 0 aliphatic heterocycles. The van der Waals surface area contributed by atoms with Gasteiger partial charge in [-0.25, -0.2) is 4.68 Å². The molecule has 23 heavy (non-hydrogen) atoms. The lowest BCUT2D eigenvalue weighted by molar-refractivity contribution is -0.136. The highest BCUT2D eigenvalue weighted by molar-refractivity contribution is 5.95. The maximum absolute atomic E-state index is 12.3. The second-order valence-corrected chi connectivity index (χ2v) is 5.70. The largest absolute Gasteiger partial charge is 0.481 e. The number of para-hydroxylation sites is 1. The number of hydrogen-bond donors (Lipinski definition) is 2. The molecule has 2 aromatic rings. The van der Waals surface area contributed by atoms with Crippen LogP contribution in [0.15, 0.2) is 30.5 Å². The fourth-order valence-electron chi connectivity index (χ4n) is 2.46. The summed E-state index contributed by atoms with van der Waals surface area (Å²) in [5, 5.41) is 15.7. The van der Waals surface area contributed by atoms with E-state index in [4.69, 9.17) is 5.11 Å². The molecule has 0 atom stereocenters. The molecule has 0 saturated heterocycles. The first-order valence-corrected chi connectivity index (χ1v) is 7.55. The Morgan fingerprint density at radius 1 is 1.30 bits per heavy atom. The van der Waals surface area contributed by atoms with Crippen molar-refractivity contribution in [3.05, 3.63) is 47.3 Å². The van der Waals surface area contributed by atoms with Crippen molar-refractivity contribution in [2.24, 2.45) is 0 Å². The average molecular weight is 315 g/mol. The van der Waals surface area contributed by atoms with Crippen molar-refractivity contribution in [2.45, 2.75) is 33.1 Å². The molecule has 0 aliphatic carbocycles. The third-order valence-corrected chi connectivity index (χ3v) is 3.57. The maximum atomic E-state index is 12.3. The summed E-state index contributed by atoms with van der Waals surface area (Å²) >= 11 is 0. The topological polar surface area (TPSA) is 84.2 Å². The zero-order valence-corrected chi connectivity index (χ0v) is 13.5. The van der Waals surface area contributed by atoms with Crippen LogP contribution >= 0.6 is 0 Å². The van der Waals surface area contributed by atoms with Gasteiger partial charge in [-0.1, -0.05) is 32.0 Å². The number of hydrogen-bond acceptors (Lipinski definition) is 3. The zero-order chi connectivity index (χ0) is 17.0. The number of aryl methyl sites for hydroxylation is 1. The van der Waals surface area contributed by atoms with Crippen molar-refractivity contribution in [1.82, 2.24) is 15.1 Å². The highest BCUT2D eigenvalue weighted by Crippen LogP contribution is 2.24. The van der Waals surface area contributed by atoms with Crippen LogP contribution in [0.5, 0.6) is 0 Å². The number of carboxylic acid groups (broad SMARTS) is 1. The third-order valence-electron chi connectivity index (χ3n) is 3.57. The first-order chi connectivity index (χ1) is 10.9. The Morgan fingerprint density at radius 2 is 2.00 bits per heavy atom. The molecule has 6 heteroatoms. The van der Waals surface area contributed by atoms with Crippen LogP contribution < -0.4 is 5.32 Å². The molecular weight excluding hydrogens is 294 g/mol. The summed E-state index contributed by atoms with van der Waals surface area (Å²) in [6.07, 6.45) is 1.44. The van der Waals surface area contributed by atoms with Crippen LogP contribution in [-0.2, 0) is 4.79 Å². The average Bonchev–Trinajstić information content (AvgIpc) is 2.92. The summed E-state index contributed by atoms with van der Waals surface area (Å²) in [4.78, 5) is 22.9. The molecular formula is C17H21N3O3. The SMILES string of the molecule is Cc1ccccc1-n1ncc(C(=O)NCCC(=O)O)c1C(C)C. The molecule has 1 aromatic heterocycles. The quantitative estimate of drug-likeness (QED) is 0.858. The molecule has 6 nitrogen and oxygen atoms in total. The molecule has 0 fully saturated rings. The van der Waals surface area contributed by atoms with Gasteiger partial charge in [0.15, 0.2) is 0 Å². The Bertz CT molecular complexity index is 720. The zero-order valence-electron chi connectivity index (χ0n) is 13.5. The Balaban J connectivity index is 2.34. The number of nitrogens with one attached hydrogen (secondary N) is 1. The molecule has 1 aromatic carbocycles. The normalized spacial score (nSPS) is 10.8. The van der Waals surface area contributed by atoms with Gasteiger partial charge in [0.25, 0.3) is 5.91 Å². The van der Waals surface area contributed by atoms with Crippen LogP contribution in [0.3, 0.4) is 0 Å². The minimum Gasteiger partial charge on any atom is -0.481 e. The van der Waals surface area contributed by atoms with Crippen LogP contribution in [0.2, 0.25) is 0 Å². The summed E-state index contributed by atoms with van der Waals surface area (Å²) in [6, 6.07) is 7.84. The van der Waals surface area contributed by atoms with Gasteiger partial charge in [-0.05, 0) is 24.5 Å². The van der Waals surface area contributed by atoms with E-state index in [1.807, 2.05) is 45.0 Å². The number of aromatic nitrogens is 2. The van der Waals surface area contributed by atoms with E-state index in [-0.39, 0.29) is 24.8 Å². The first kappa shape index (κ1) is 16.7. The van der Waals surface area contributed by atoms with Gasteiger partial charge in [0, 0.05) is 6.54 Å². The number of benzene rings is 1. The summed E-state index contributed by atoms with van der Waals surface area (Å²) in [5.74, 6) is -1.14. The minimum absolute atomic E-state index is 0.0947. The molecule has 1 heterocycles. The van der Waals surface area contributed by atoms with Crippen molar-refractivity contribution in [3.63, 3.8) is 0 Å². The molecule has 1 amide bonds. The fraction of sp³-hybridized carbons (Fsp3) is 0.353. The number of amides is 1. The second kappa shape index (κ2) is 7.09. The number of nitrogens with zero attached hydrogens (tertiary/aromatic N) is 2. The van der Waals surface area contributed by atoms with E-state index < -0.39 is 5.97 Å². The summed E-state index contributed by atoms with van der Waals surface area (Å²) in [5.41, 5.74) is 3.29. The smallest absolute Gasteiger partial charge is 0.305 e. The molecule has 2 N–H and O–H groups in total. The lowest BCUT2D eigenvalue weighted by Gasteiger charge is -2.14. The molecule has 0 spiro atoms. The molecule has 122 valence electrons. The molecule has 0 aliphatic rings. The molecule has 0 saturated carbocycles. The lowest BCUT2D eigenvalue weighted by atomic mass is 10.0. The Hall–Kier alpha value is -2.63. The van der Waals surface area contributed by atoms with E-state index in [1.165, 1.54) is 6.20 Å². The van der Waals surface area contributed by atoms with Crippen molar-refractivity contribution < 1.29 is 14.7 Å². The van der Waals surface area contributed by atoms with E-state index in [1.54, 1.807) is 4.68 Å². The standard InChI is InChI=1S/C17H21N3O3/c1-11(2)16-13(17(23)18-9-8-15(21)22)10-19-20(16)14-7-5-4-6-12(14)3/h4-7,10-11H,8-9H2,1-3H3,(H,18,23)(H,21,22). The van der Waals surface area contributed by atoms with E-state index in [2.05, 4.69) is 10.4 Å². The minimum atomic E-state index is -0.940. The van der Waals surface area contributed by atoms with Gasteiger partial charge in [0.1, 0.15) is 0 Å². The van der Waals surface area contributed by atoms with Gasteiger partial charge in [-0.3, -0.25) is 9.59 Å². The lowest BCUT2D eigenvalue weighted by Crippen LogP contribution is -2.27. The Labute approximate surface area is 135 Å². The van der Waals surface area contributed by atoms with E-state index in [0.717, 1.165) is 16.9 Å². The molecule has 2 rings (SSSR count). The summed E-state index contributed by atoms with van der Waals surface area (Å²) in [7, 11) is 0. The van der Waals surface area contributed by atoms with Crippen molar-refractivity contribution in [3.8, 4) is 5.69 Å². The predicted octanol–water partition coefficient (Wildman–Crippen LogP) is 2.51. The van der Waals surface area contributed by atoms with Crippen molar-refractivity contribution >= 4 is 11.9 Å². The van der Waals surface area contributed by atoms with Crippen LogP contribution in [0, 0.1) is 6.92 Å². The van der Waals surface area contributed by atoms with Gasteiger partial charge in [-0.2, -0.15) is 5.10 Å². The molecule has 0 radical (unpaired) electrons. The van der Waals surface area contributed by atoms with Crippen LogP contribution in [0.1, 0.15) is 47.8 Å². The van der Waals surface area contributed by atoms with Gasteiger partial charge >= 0.3 is 5.97 Å². The van der Waals surface area contributed by atoms with E-state index >= 15 is 0 Å². The van der Waals surface area contributed by atoms with E-state index in [0.29, 0.717) is 5.56 Å². The monoisotopic (exact) mass is 315 g/mol. The second-order valence-electron chi connectivity index (χ2n) is 5.70. The van der Waals surface area contributed by atoms with Crippen molar-refractivity contribution in [1.29, 1.82) is 0 Å². The van der Waals surface area contributed by atoms with Gasteiger partial charge in [-0.15, -0.1) is 0 Å². The first-order valence-electron chi connectivity index (χ1n) is 7.55. The number of carboxylic acids is 1. The fourth-order valence-corrected chi connectivity index (χ4v) is 2.46. The van der Waals surface area contributed by atoms with Crippen LogP contribution in [0.25, 0.3) is 5.69 Å².